The van der Waals surface area contributed by atoms with Gasteiger partial charge < -0.3 is 20.7 Å². The Balaban J connectivity index is 1.61. The highest BCUT2D eigenvalue weighted by Gasteiger charge is 2.26. The molecule has 7 heteroatoms. The number of amides is 1. The van der Waals surface area contributed by atoms with Gasteiger partial charge in [-0.05, 0) is 31.6 Å². The number of hydrogen-bond donors (Lipinski definition) is 2. The van der Waals surface area contributed by atoms with Crippen LogP contribution in [0.15, 0.2) is 0 Å². The molecule has 0 unspecified atom stereocenters. The van der Waals surface area contributed by atoms with Crippen LogP contribution >= 0.6 is 11.3 Å². The smallest absolute Gasteiger partial charge is 0.267 e. The van der Waals surface area contributed by atoms with Crippen molar-refractivity contribution in [3.05, 3.63) is 4.88 Å². The summed E-state index contributed by atoms with van der Waals surface area (Å²) in [6.07, 6.45) is 4.38. The minimum Gasteiger partial charge on any atom is -0.382 e. The average Bonchev–Trinajstić information content (AvgIpc) is 3.21. The van der Waals surface area contributed by atoms with Gasteiger partial charge in [0.2, 0.25) is 0 Å². The number of carbonyl (C=O) groups excluding carboxylic acids is 1. The van der Waals surface area contributed by atoms with Crippen LogP contribution < -0.4 is 11.1 Å². The van der Waals surface area contributed by atoms with E-state index in [1.165, 1.54) is 24.2 Å². The molecule has 1 aliphatic carbocycles. The molecular weight excluding hydrogens is 288 g/mol. The summed E-state index contributed by atoms with van der Waals surface area (Å²) in [5, 5.41) is 4.05. The summed E-state index contributed by atoms with van der Waals surface area (Å²) in [6, 6.07) is 0.512. The molecule has 3 rings (SSSR count). The van der Waals surface area contributed by atoms with E-state index in [1.807, 2.05) is 7.05 Å². The first-order valence-electron chi connectivity index (χ1n) is 7.49. The molecule has 2 aliphatic rings. The van der Waals surface area contributed by atoms with Gasteiger partial charge in [-0.1, -0.05) is 11.3 Å². The molecule has 1 aromatic rings. The quantitative estimate of drug-likeness (QED) is 0.867. The predicted octanol–water partition coefficient (Wildman–Crippen LogP) is 1.80. The van der Waals surface area contributed by atoms with E-state index in [-0.39, 0.29) is 5.91 Å². The standard InChI is InChI=1S/C14H22N4O2S/c1-18(8-9-4-6-20-7-5-9)13(19)11-12(15)17-14(21-11)16-10-2-3-10/h9-10H,2-8,15H2,1H3,(H,16,17). The molecule has 2 fully saturated rings. The van der Waals surface area contributed by atoms with Gasteiger partial charge in [0, 0.05) is 32.8 Å². The van der Waals surface area contributed by atoms with Crippen molar-refractivity contribution in [2.24, 2.45) is 5.92 Å². The Labute approximate surface area is 128 Å². The maximum Gasteiger partial charge on any atom is 0.267 e. The molecule has 1 aromatic heterocycles. The molecule has 1 saturated carbocycles. The summed E-state index contributed by atoms with van der Waals surface area (Å²) in [5.74, 6) is 0.832. The first kappa shape index (κ1) is 14.6. The fourth-order valence-electron chi connectivity index (χ4n) is 2.52. The topological polar surface area (TPSA) is 80.5 Å². The van der Waals surface area contributed by atoms with Crippen LogP contribution in [0, 0.1) is 5.92 Å². The number of ether oxygens (including phenoxy) is 1. The highest BCUT2D eigenvalue weighted by atomic mass is 32.1. The zero-order chi connectivity index (χ0) is 14.8. The number of rotatable bonds is 5. The Hall–Kier alpha value is -1.34. The van der Waals surface area contributed by atoms with E-state index in [4.69, 9.17) is 10.5 Å². The molecule has 116 valence electrons. The highest BCUT2D eigenvalue weighted by molar-refractivity contribution is 7.18. The molecule has 21 heavy (non-hydrogen) atoms. The van der Waals surface area contributed by atoms with Gasteiger partial charge >= 0.3 is 0 Å². The van der Waals surface area contributed by atoms with Gasteiger partial charge in [-0.3, -0.25) is 4.79 Å². The zero-order valence-corrected chi connectivity index (χ0v) is 13.1. The SMILES string of the molecule is CN(CC1CCOCC1)C(=O)c1sc(NC2CC2)nc1N. The van der Waals surface area contributed by atoms with Crippen molar-refractivity contribution in [3.8, 4) is 0 Å². The Morgan fingerprint density at radius 1 is 1.43 bits per heavy atom. The van der Waals surface area contributed by atoms with Crippen LogP contribution in [-0.2, 0) is 4.74 Å². The van der Waals surface area contributed by atoms with Gasteiger partial charge in [-0.2, -0.15) is 0 Å². The van der Waals surface area contributed by atoms with Crippen molar-refractivity contribution in [1.29, 1.82) is 0 Å². The fraction of sp³-hybridized carbons (Fsp3) is 0.714. The molecule has 0 atom stereocenters. The summed E-state index contributed by atoms with van der Waals surface area (Å²) in [7, 11) is 1.84. The molecule has 0 aromatic carbocycles. The van der Waals surface area contributed by atoms with Crippen molar-refractivity contribution in [1.82, 2.24) is 9.88 Å². The van der Waals surface area contributed by atoms with Crippen molar-refractivity contribution in [2.45, 2.75) is 31.7 Å². The van der Waals surface area contributed by atoms with Gasteiger partial charge in [-0.25, -0.2) is 4.98 Å². The van der Waals surface area contributed by atoms with Crippen LogP contribution in [0.3, 0.4) is 0 Å². The van der Waals surface area contributed by atoms with Crippen molar-refractivity contribution in [2.75, 3.05) is 37.9 Å². The van der Waals surface area contributed by atoms with E-state index in [9.17, 15) is 4.79 Å². The zero-order valence-electron chi connectivity index (χ0n) is 12.3. The molecule has 6 nitrogen and oxygen atoms in total. The largest absolute Gasteiger partial charge is 0.382 e. The Morgan fingerprint density at radius 2 is 2.14 bits per heavy atom. The Morgan fingerprint density at radius 3 is 2.81 bits per heavy atom. The minimum atomic E-state index is -0.0275. The summed E-state index contributed by atoms with van der Waals surface area (Å²) >= 11 is 1.36. The van der Waals surface area contributed by atoms with Gasteiger partial charge in [0.1, 0.15) is 10.7 Å². The first-order chi connectivity index (χ1) is 10.1. The number of anilines is 2. The predicted molar refractivity (Wildman–Crippen MR) is 83.7 cm³/mol. The third kappa shape index (κ3) is 3.65. The molecule has 0 spiro atoms. The number of nitrogen functional groups attached to an aromatic ring is 1. The van der Waals surface area contributed by atoms with Gasteiger partial charge in [0.05, 0.1) is 0 Å². The molecule has 1 saturated heterocycles. The molecule has 1 aliphatic heterocycles. The maximum absolute atomic E-state index is 12.5. The van der Waals surface area contributed by atoms with E-state index >= 15 is 0 Å². The number of hydrogen-bond acceptors (Lipinski definition) is 6. The van der Waals surface area contributed by atoms with Crippen LogP contribution in [0.4, 0.5) is 10.9 Å². The molecular formula is C14H22N4O2S. The Bertz CT molecular complexity index is 509. The third-order valence-corrected chi connectivity index (χ3v) is 4.96. The molecule has 3 N–H and O–H groups in total. The van der Waals surface area contributed by atoms with E-state index in [0.717, 1.165) is 37.7 Å². The number of carbonyl (C=O) groups is 1. The number of aromatic nitrogens is 1. The second-order valence-electron chi connectivity index (χ2n) is 5.89. The van der Waals surface area contributed by atoms with Crippen molar-refractivity contribution >= 4 is 28.2 Å². The second kappa shape index (κ2) is 6.19. The first-order valence-corrected chi connectivity index (χ1v) is 8.31. The average molecular weight is 310 g/mol. The number of nitrogens with one attached hydrogen (secondary N) is 1. The summed E-state index contributed by atoms with van der Waals surface area (Å²) in [4.78, 5) is 19.1. The minimum absolute atomic E-state index is 0.0275. The van der Waals surface area contributed by atoms with Crippen LogP contribution in [0.5, 0.6) is 0 Å². The molecule has 1 amide bonds. The number of thiazole rings is 1. The second-order valence-corrected chi connectivity index (χ2v) is 6.89. The lowest BCUT2D eigenvalue weighted by molar-refractivity contribution is 0.0499. The highest BCUT2D eigenvalue weighted by Crippen LogP contribution is 2.31. The van der Waals surface area contributed by atoms with E-state index in [2.05, 4.69) is 10.3 Å². The number of nitrogens with two attached hydrogens (primary N) is 1. The lowest BCUT2D eigenvalue weighted by Gasteiger charge is -2.26. The van der Waals surface area contributed by atoms with Crippen LogP contribution in [0.1, 0.15) is 35.4 Å². The van der Waals surface area contributed by atoms with Crippen LogP contribution in [0.25, 0.3) is 0 Å². The van der Waals surface area contributed by atoms with E-state index < -0.39 is 0 Å². The summed E-state index contributed by atoms with van der Waals surface area (Å²) in [5.41, 5.74) is 5.90. The fourth-order valence-corrected chi connectivity index (χ4v) is 3.48. The number of nitrogens with zero attached hydrogens (tertiary/aromatic N) is 2. The lowest BCUT2D eigenvalue weighted by Crippen LogP contribution is -2.34. The van der Waals surface area contributed by atoms with Crippen LogP contribution in [0.2, 0.25) is 0 Å². The molecule has 2 heterocycles. The van der Waals surface area contributed by atoms with Gasteiger partial charge in [-0.15, -0.1) is 0 Å². The normalized spacial score (nSPS) is 19.5. The third-order valence-electron chi connectivity index (χ3n) is 3.97. The summed E-state index contributed by atoms with van der Waals surface area (Å²) in [6.45, 7) is 2.35. The van der Waals surface area contributed by atoms with Gasteiger partial charge in [0.25, 0.3) is 5.91 Å². The summed E-state index contributed by atoms with van der Waals surface area (Å²) < 4.78 is 5.35. The van der Waals surface area contributed by atoms with E-state index in [1.54, 1.807) is 4.90 Å². The van der Waals surface area contributed by atoms with E-state index in [0.29, 0.717) is 22.7 Å². The van der Waals surface area contributed by atoms with Crippen molar-refractivity contribution < 1.29 is 9.53 Å². The Kier molecular flexibility index (Phi) is 4.30. The molecule has 0 radical (unpaired) electrons. The van der Waals surface area contributed by atoms with Crippen molar-refractivity contribution in [3.63, 3.8) is 0 Å². The lowest BCUT2D eigenvalue weighted by atomic mass is 10.00. The maximum atomic E-state index is 12.5. The monoisotopic (exact) mass is 310 g/mol. The molecule has 0 bridgehead atoms. The van der Waals surface area contributed by atoms with Gasteiger partial charge in [0.15, 0.2) is 5.13 Å². The van der Waals surface area contributed by atoms with Crippen LogP contribution in [-0.4, -0.2) is 48.6 Å².